The summed E-state index contributed by atoms with van der Waals surface area (Å²) in [4.78, 5) is 13.2. The van der Waals surface area contributed by atoms with Crippen molar-refractivity contribution in [3.05, 3.63) is 54.7 Å². The van der Waals surface area contributed by atoms with Crippen molar-refractivity contribution in [2.75, 3.05) is 38.3 Å². The predicted octanol–water partition coefficient (Wildman–Crippen LogP) is 3.65. The third kappa shape index (κ3) is 3.86. The van der Waals surface area contributed by atoms with Crippen LogP contribution in [-0.4, -0.2) is 61.9 Å². The highest BCUT2D eigenvalue weighted by molar-refractivity contribution is 7.89. The standard InChI is InChI=1S/C24H22N6O3S2/c1-25-35(31,32)21-8-3-2-5-16(21)20-13-19-22(34-20)24(30-9-11-33-12-10-30)28-23(27-19)15-6-4-7-18-17(15)14-26-29-18/h2-8,13-14,25H,9-12H2,1H3,(H,26,29). The summed E-state index contributed by atoms with van der Waals surface area (Å²) in [6.45, 7) is 2.69. The number of thiophene rings is 1. The zero-order chi connectivity index (χ0) is 24.0. The number of nitrogens with zero attached hydrogens (tertiary/aromatic N) is 4. The summed E-state index contributed by atoms with van der Waals surface area (Å²) in [6, 6.07) is 14.9. The molecule has 2 N–H and O–H groups in total. The molecule has 0 spiro atoms. The number of hydrogen-bond acceptors (Lipinski definition) is 8. The van der Waals surface area contributed by atoms with Gasteiger partial charge in [-0.3, -0.25) is 5.10 Å². The lowest BCUT2D eigenvalue weighted by Crippen LogP contribution is -2.36. The van der Waals surface area contributed by atoms with E-state index in [-0.39, 0.29) is 4.90 Å². The van der Waals surface area contributed by atoms with Gasteiger partial charge < -0.3 is 9.64 Å². The quantitative estimate of drug-likeness (QED) is 0.374. The third-order valence-corrected chi connectivity index (χ3v) is 8.73. The van der Waals surface area contributed by atoms with Crippen molar-refractivity contribution in [2.24, 2.45) is 0 Å². The number of benzene rings is 2. The molecule has 0 saturated carbocycles. The molecule has 4 heterocycles. The van der Waals surface area contributed by atoms with Crippen molar-refractivity contribution >= 4 is 48.3 Å². The van der Waals surface area contributed by atoms with E-state index in [1.165, 1.54) is 18.4 Å². The number of sulfonamides is 1. The highest BCUT2D eigenvalue weighted by Crippen LogP contribution is 2.41. The van der Waals surface area contributed by atoms with E-state index in [2.05, 4.69) is 19.8 Å². The molecule has 0 bridgehead atoms. The van der Waals surface area contributed by atoms with Gasteiger partial charge in [0.2, 0.25) is 10.0 Å². The minimum absolute atomic E-state index is 0.235. The number of morpholine rings is 1. The molecule has 6 rings (SSSR count). The Hall–Kier alpha value is -3.38. The van der Waals surface area contributed by atoms with Gasteiger partial charge in [-0.2, -0.15) is 5.10 Å². The number of anilines is 1. The second kappa shape index (κ2) is 8.68. The first-order valence-corrected chi connectivity index (χ1v) is 13.4. The summed E-state index contributed by atoms with van der Waals surface area (Å²) in [6.07, 6.45) is 1.78. The Balaban J connectivity index is 1.59. The first-order chi connectivity index (χ1) is 17.0. The Labute approximate surface area is 205 Å². The van der Waals surface area contributed by atoms with Gasteiger partial charge in [0.15, 0.2) is 11.6 Å². The zero-order valence-corrected chi connectivity index (χ0v) is 20.5. The van der Waals surface area contributed by atoms with Gasteiger partial charge >= 0.3 is 0 Å². The fraction of sp³-hybridized carbons (Fsp3) is 0.208. The summed E-state index contributed by atoms with van der Waals surface area (Å²) in [5.74, 6) is 1.44. The lowest BCUT2D eigenvalue weighted by molar-refractivity contribution is 0.122. The van der Waals surface area contributed by atoms with E-state index < -0.39 is 10.0 Å². The van der Waals surface area contributed by atoms with E-state index in [0.29, 0.717) is 24.6 Å². The van der Waals surface area contributed by atoms with Gasteiger partial charge in [0.25, 0.3) is 0 Å². The largest absolute Gasteiger partial charge is 0.378 e. The van der Waals surface area contributed by atoms with Crippen molar-refractivity contribution < 1.29 is 13.2 Å². The third-order valence-electron chi connectivity index (χ3n) is 6.10. The van der Waals surface area contributed by atoms with Crippen LogP contribution in [-0.2, 0) is 14.8 Å². The van der Waals surface area contributed by atoms with Crippen molar-refractivity contribution in [1.29, 1.82) is 0 Å². The molecule has 0 aliphatic carbocycles. The van der Waals surface area contributed by atoms with Crippen LogP contribution in [0.1, 0.15) is 0 Å². The molecular weight excluding hydrogens is 484 g/mol. The lowest BCUT2D eigenvalue weighted by atomic mass is 10.1. The number of rotatable bonds is 5. The molecule has 1 fully saturated rings. The van der Waals surface area contributed by atoms with E-state index in [9.17, 15) is 8.42 Å². The molecular formula is C24H22N6O3S2. The van der Waals surface area contributed by atoms with Crippen LogP contribution in [0.3, 0.4) is 0 Å². The summed E-state index contributed by atoms with van der Waals surface area (Å²) < 4.78 is 34.3. The molecule has 35 heavy (non-hydrogen) atoms. The van der Waals surface area contributed by atoms with E-state index in [4.69, 9.17) is 14.7 Å². The van der Waals surface area contributed by atoms with Gasteiger partial charge in [-0.05, 0) is 25.2 Å². The molecule has 9 nitrogen and oxygen atoms in total. The van der Waals surface area contributed by atoms with Crippen LogP contribution in [0.5, 0.6) is 0 Å². The fourth-order valence-corrected chi connectivity index (χ4v) is 6.50. The number of hydrogen-bond donors (Lipinski definition) is 2. The van der Waals surface area contributed by atoms with E-state index in [0.717, 1.165) is 50.5 Å². The van der Waals surface area contributed by atoms with Crippen molar-refractivity contribution in [1.82, 2.24) is 24.9 Å². The predicted molar refractivity (Wildman–Crippen MR) is 137 cm³/mol. The zero-order valence-electron chi connectivity index (χ0n) is 18.9. The first kappa shape index (κ1) is 22.1. The summed E-state index contributed by atoms with van der Waals surface area (Å²) in [5.41, 5.74) is 3.21. The smallest absolute Gasteiger partial charge is 0.240 e. The monoisotopic (exact) mass is 506 g/mol. The average molecular weight is 507 g/mol. The van der Waals surface area contributed by atoms with Crippen molar-refractivity contribution in [2.45, 2.75) is 4.90 Å². The maximum Gasteiger partial charge on any atom is 0.240 e. The second-order valence-electron chi connectivity index (χ2n) is 8.14. The molecule has 2 aromatic carbocycles. The normalized spacial score (nSPS) is 14.7. The molecule has 178 valence electrons. The van der Waals surface area contributed by atoms with E-state index >= 15 is 0 Å². The van der Waals surface area contributed by atoms with Crippen LogP contribution < -0.4 is 9.62 Å². The summed E-state index contributed by atoms with van der Waals surface area (Å²) in [5, 5.41) is 8.13. The van der Waals surface area contributed by atoms with Gasteiger partial charge in [0.05, 0.1) is 40.0 Å². The van der Waals surface area contributed by atoms with Gasteiger partial charge in [-0.1, -0.05) is 30.3 Å². The van der Waals surface area contributed by atoms with E-state index in [1.54, 1.807) is 18.3 Å². The first-order valence-electron chi connectivity index (χ1n) is 11.1. The molecule has 0 radical (unpaired) electrons. The molecule has 1 aliphatic heterocycles. The van der Waals surface area contributed by atoms with Gasteiger partial charge in [-0.15, -0.1) is 11.3 Å². The minimum Gasteiger partial charge on any atom is -0.378 e. The second-order valence-corrected chi connectivity index (χ2v) is 11.0. The molecule has 3 aromatic heterocycles. The van der Waals surface area contributed by atoms with Gasteiger partial charge in [0, 0.05) is 34.5 Å². The molecule has 5 aromatic rings. The molecule has 0 atom stereocenters. The Morgan fingerprint density at radius 1 is 1.06 bits per heavy atom. The van der Waals surface area contributed by atoms with Crippen LogP contribution >= 0.6 is 11.3 Å². The Kier molecular flexibility index (Phi) is 5.49. The fourth-order valence-electron chi connectivity index (χ4n) is 4.34. The van der Waals surface area contributed by atoms with Crippen LogP contribution in [0.2, 0.25) is 0 Å². The summed E-state index contributed by atoms with van der Waals surface area (Å²) >= 11 is 1.50. The van der Waals surface area contributed by atoms with Crippen LogP contribution in [0, 0.1) is 0 Å². The molecule has 0 unspecified atom stereocenters. The maximum atomic E-state index is 12.7. The molecule has 11 heteroatoms. The van der Waals surface area contributed by atoms with Crippen LogP contribution in [0.4, 0.5) is 5.82 Å². The Bertz CT molecular complexity index is 1650. The maximum absolute atomic E-state index is 12.7. The molecule has 0 amide bonds. The van der Waals surface area contributed by atoms with Crippen molar-refractivity contribution in [3.8, 4) is 21.8 Å². The van der Waals surface area contributed by atoms with Gasteiger partial charge in [0.1, 0.15) is 0 Å². The number of aromatic amines is 1. The number of H-pyrrole nitrogens is 1. The molecule has 1 aliphatic rings. The van der Waals surface area contributed by atoms with Crippen LogP contribution in [0.25, 0.3) is 42.9 Å². The number of ether oxygens (including phenoxy) is 1. The number of fused-ring (bicyclic) bond motifs is 2. The summed E-state index contributed by atoms with van der Waals surface area (Å²) in [7, 11) is -2.21. The highest BCUT2D eigenvalue weighted by Gasteiger charge is 2.23. The molecule has 1 saturated heterocycles. The topological polar surface area (TPSA) is 113 Å². The number of aromatic nitrogens is 4. The lowest BCUT2D eigenvalue weighted by Gasteiger charge is -2.28. The van der Waals surface area contributed by atoms with Crippen molar-refractivity contribution in [3.63, 3.8) is 0 Å². The Morgan fingerprint density at radius 3 is 2.69 bits per heavy atom. The average Bonchev–Trinajstić information content (AvgIpc) is 3.56. The highest BCUT2D eigenvalue weighted by atomic mass is 32.2. The Morgan fingerprint density at radius 2 is 1.86 bits per heavy atom. The number of nitrogens with one attached hydrogen (secondary N) is 2. The van der Waals surface area contributed by atoms with Gasteiger partial charge in [-0.25, -0.2) is 23.1 Å². The van der Waals surface area contributed by atoms with E-state index in [1.807, 2.05) is 36.4 Å². The minimum atomic E-state index is -3.63. The van der Waals surface area contributed by atoms with Crippen LogP contribution in [0.15, 0.2) is 59.6 Å². The SMILES string of the molecule is CNS(=O)(=O)c1ccccc1-c1cc2nc(-c3cccc4[nH]ncc34)nc(N3CCOCC3)c2s1.